The molecule has 8 aromatic carbocycles. The second kappa shape index (κ2) is 12.2. The first-order valence-electron chi connectivity index (χ1n) is 20.6. The molecule has 0 saturated heterocycles. The zero-order valence-corrected chi connectivity index (χ0v) is 33.5. The van der Waals surface area contributed by atoms with E-state index < -0.39 is 5.41 Å². The van der Waals surface area contributed by atoms with E-state index in [1.165, 1.54) is 102 Å². The van der Waals surface area contributed by atoms with Crippen LogP contribution >= 0.6 is 0 Å². The van der Waals surface area contributed by atoms with Gasteiger partial charge in [-0.3, -0.25) is 0 Å². The quantitative estimate of drug-likeness (QED) is 0.174. The molecule has 0 aromatic heterocycles. The van der Waals surface area contributed by atoms with Gasteiger partial charge < -0.3 is 4.90 Å². The Morgan fingerprint density at radius 2 is 0.895 bits per heavy atom. The van der Waals surface area contributed by atoms with Gasteiger partial charge in [0.25, 0.3) is 0 Å². The predicted octanol–water partition coefficient (Wildman–Crippen LogP) is 15.0. The molecule has 3 aliphatic carbocycles. The van der Waals surface area contributed by atoms with Gasteiger partial charge in [0.2, 0.25) is 0 Å². The van der Waals surface area contributed by atoms with E-state index in [4.69, 9.17) is 0 Å². The van der Waals surface area contributed by atoms with Crippen molar-refractivity contribution in [2.24, 2.45) is 0 Å². The summed E-state index contributed by atoms with van der Waals surface area (Å²) in [6, 6.07) is 64.4. The maximum atomic E-state index is 2.58. The van der Waals surface area contributed by atoms with E-state index in [0.717, 1.165) is 11.4 Å². The minimum atomic E-state index is -0.449. The van der Waals surface area contributed by atoms with Crippen molar-refractivity contribution >= 4 is 27.8 Å². The summed E-state index contributed by atoms with van der Waals surface area (Å²) >= 11 is 0. The van der Waals surface area contributed by atoms with Crippen LogP contribution in [0.1, 0.15) is 79.5 Å². The Labute approximate surface area is 337 Å². The van der Waals surface area contributed by atoms with Gasteiger partial charge >= 0.3 is 0 Å². The fourth-order valence-electron chi connectivity index (χ4n) is 10.9. The van der Waals surface area contributed by atoms with Gasteiger partial charge in [0.15, 0.2) is 0 Å². The molecule has 0 unspecified atom stereocenters. The van der Waals surface area contributed by atoms with Crippen LogP contribution in [0.5, 0.6) is 0 Å². The molecule has 0 N–H and O–H groups in total. The zero-order valence-electron chi connectivity index (χ0n) is 33.5. The smallest absolute Gasteiger partial charge is 0.0726 e. The minimum absolute atomic E-state index is 0.0790. The Morgan fingerprint density at radius 1 is 0.368 bits per heavy atom. The second-order valence-electron chi connectivity index (χ2n) is 18.0. The summed E-state index contributed by atoms with van der Waals surface area (Å²) < 4.78 is 0. The standard InChI is InChI=1S/C56H47N/c1-36-31-51-52(55(4,5)30-29-54(51,2)3)34-44(36)46-33-45-43-23-13-16-26-49(43)56(47-24-14-11-21-41(47)42-22-12-15-25-48(42)56)50(45)35-53(46)57(39-19-7-6-8-20-39)40-28-27-37-17-9-10-18-38(37)32-40/h6-28,31-35H,29-30H2,1-5H3. The van der Waals surface area contributed by atoms with E-state index in [1.807, 2.05) is 0 Å². The van der Waals surface area contributed by atoms with Crippen molar-refractivity contribution in [1.82, 2.24) is 0 Å². The van der Waals surface area contributed by atoms with Crippen molar-refractivity contribution < 1.29 is 0 Å². The van der Waals surface area contributed by atoms with Gasteiger partial charge in [-0.25, -0.2) is 0 Å². The Morgan fingerprint density at radius 3 is 1.53 bits per heavy atom. The molecule has 1 spiro atoms. The van der Waals surface area contributed by atoms with Gasteiger partial charge in [0, 0.05) is 16.9 Å². The first-order valence-corrected chi connectivity index (χ1v) is 20.6. The number of rotatable bonds is 4. The van der Waals surface area contributed by atoms with Gasteiger partial charge in [-0.2, -0.15) is 0 Å². The van der Waals surface area contributed by atoms with Crippen LogP contribution in [0, 0.1) is 6.92 Å². The predicted molar refractivity (Wildman–Crippen MR) is 240 cm³/mol. The van der Waals surface area contributed by atoms with Crippen LogP contribution in [0.3, 0.4) is 0 Å². The number of fused-ring (bicyclic) bond motifs is 12. The van der Waals surface area contributed by atoms with Gasteiger partial charge in [0.05, 0.1) is 11.1 Å². The van der Waals surface area contributed by atoms with Crippen molar-refractivity contribution in [3.8, 4) is 33.4 Å². The molecule has 0 amide bonds. The number of nitrogens with zero attached hydrogens (tertiary/aromatic N) is 1. The summed E-state index contributed by atoms with van der Waals surface area (Å²) in [5.41, 5.74) is 20.8. The fraction of sp³-hybridized carbons (Fsp3) is 0.179. The summed E-state index contributed by atoms with van der Waals surface area (Å²) in [4.78, 5) is 2.53. The molecule has 8 aromatic rings. The Bertz CT molecular complexity index is 2880. The monoisotopic (exact) mass is 733 g/mol. The van der Waals surface area contributed by atoms with Crippen LogP contribution in [0.15, 0.2) is 170 Å². The van der Waals surface area contributed by atoms with Crippen molar-refractivity contribution in [2.45, 2.75) is 63.7 Å². The van der Waals surface area contributed by atoms with Crippen LogP contribution in [-0.4, -0.2) is 0 Å². The number of anilines is 3. The molecule has 0 atom stereocenters. The molecule has 3 aliphatic rings. The molecule has 0 heterocycles. The highest BCUT2D eigenvalue weighted by atomic mass is 15.1. The van der Waals surface area contributed by atoms with E-state index in [2.05, 4.69) is 209 Å². The summed E-state index contributed by atoms with van der Waals surface area (Å²) in [5, 5.41) is 2.47. The summed E-state index contributed by atoms with van der Waals surface area (Å²) in [6.07, 6.45) is 2.37. The van der Waals surface area contributed by atoms with Gasteiger partial charge in [0.1, 0.15) is 0 Å². The Balaban J connectivity index is 1.29. The lowest BCUT2D eigenvalue weighted by Gasteiger charge is -2.42. The Kier molecular flexibility index (Phi) is 7.27. The molecule has 0 radical (unpaired) electrons. The van der Waals surface area contributed by atoms with E-state index >= 15 is 0 Å². The summed E-state index contributed by atoms with van der Waals surface area (Å²) in [5.74, 6) is 0. The maximum Gasteiger partial charge on any atom is 0.0726 e. The first-order chi connectivity index (χ1) is 27.7. The lowest BCUT2D eigenvalue weighted by molar-refractivity contribution is 0.332. The van der Waals surface area contributed by atoms with Crippen LogP contribution in [0.2, 0.25) is 0 Å². The van der Waals surface area contributed by atoms with E-state index in [9.17, 15) is 0 Å². The van der Waals surface area contributed by atoms with Crippen molar-refractivity contribution in [3.05, 3.63) is 209 Å². The van der Waals surface area contributed by atoms with E-state index in [-0.39, 0.29) is 10.8 Å². The highest BCUT2D eigenvalue weighted by molar-refractivity contribution is 6.01. The highest BCUT2D eigenvalue weighted by Crippen LogP contribution is 2.64. The highest BCUT2D eigenvalue weighted by Gasteiger charge is 2.52. The molecular weight excluding hydrogens is 687 g/mol. The fourth-order valence-corrected chi connectivity index (χ4v) is 10.9. The molecule has 11 rings (SSSR count). The number of aryl methyl sites for hydroxylation is 1. The number of benzene rings is 8. The molecule has 57 heavy (non-hydrogen) atoms. The molecule has 0 bridgehead atoms. The van der Waals surface area contributed by atoms with Crippen LogP contribution in [0.25, 0.3) is 44.2 Å². The van der Waals surface area contributed by atoms with Crippen molar-refractivity contribution in [1.29, 1.82) is 0 Å². The molecule has 276 valence electrons. The minimum Gasteiger partial charge on any atom is -0.310 e. The average Bonchev–Trinajstić information content (AvgIpc) is 3.69. The zero-order chi connectivity index (χ0) is 38.7. The van der Waals surface area contributed by atoms with Crippen LogP contribution in [0.4, 0.5) is 17.1 Å². The SMILES string of the molecule is Cc1cc2c(cc1-c1cc3c(cc1N(c1ccccc1)c1ccc4ccccc4c1)C1(c4ccccc4-c4ccccc41)c1ccccc1-3)C(C)(C)CCC2(C)C. The van der Waals surface area contributed by atoms with Gasteiger partial charge in [-0.1, -0.05) is 155 Å². The van der Waals surface area contributed by atoms with Gasteiger partial charge in [-0.15, -0.1) is 0 Å². The molecule has 0 aliphatic heterocycles. The Hall–Kier alpha value is -6.18. The number of para-hydroxylation sites is 1. The van der Waals surface area contributed by atoms with Crippen molar-refractivity contribution in [3.63, 3.8) is 0 Å². The third-order valence-electron chi connectivity index (χ3n) is 13.8. The average molecular weight is 734 g/mol. The molecular formula is C56H47N. The second-order valence-corrected chi connectivity index (χ2v) is 18.0. The lowest BCUT2D eigenvalue weighted by atomic mass is 9.62. The van der Waals surface area contributed by atoms with Crippen molar-refractivity contribution in [2.75, 3.05) is 4.90 Å². The van der Waals surface area contributed by atoms with Crippen LogP contribution < -0.4 is 4.90 Å². The summed E-state index contributed by atoms with van der Waals surface area (Å²) in [7, 11) is 0. The normalized spacial score (nSPS) is 16.1. The largest absolute Gasteiger partial charge is 0.310 e. The number of hydrogen-bond donors (Lipinski definition) is 0. The van der Waals surface area contributed by atoms with E-state index in [0.29, 0.717) is 0 Å². The van der Waals surface area contributed by atoms with Crippen LogP contribution in [-0.2, 0) is 16.2 Å². The maximum absolute atomic E-state index is 2.58. The number of hydrogen-bond acceptors (Lipinski definition) is 1. The summed E-state index contributed by atoms with van der Waals surface area (Å²) in [6.45, 7) is 12.1. The topological polar surface area (TPSA) is 3.24 Å². The van der Waals surface area contributed by atoms with Gasteiger partial charge in [-0.05, 0) is 151 Å². The lowest BCUT2D eigenvalue weighted by Crippen LogP contribution is -2.34. The van der Waals surface area contributed by atoms with E-state index in [1.54, 1.807) is 0 Å². The third kappa shape index (κ3) is 4.82. The first kappa shape index (κ1) is 34.1. The molecule has 0 fully saturated rings. The molecule has 1 heteroatoms. The third-order valence-corrected chi connectivity index (χ3v) is 13.8. The molecule has 1 nitrogen and oxygen atoms in total. The molecule has 0 saturated carbocycles.